The van der Waals surface area contributed by atoms with Crippen LogP contribution < -0.4 is 4.74 Å². The summed E-state index contributed by atoms with van der Waals surface area (Å²) in [5, 5.41) is 10.2. The molecule has 0 spiro atoms. The maximum Gasteiger partial charge on any atom is 0.573 e. The van der Waals surface area contributed by atoms with E-state index in [1.165, 1.54) is 18.2 Å². The van der Waals surface area contributed by atoms with Crippen LogP contribution in [-0.4, -0.2) is 24.7 Å². The topological polar surface area (TPSA) is 38.7 Å². The highest BCUT2D eigenvalue weighted by Gasteiger charge is 2.33. The van der Waals surface area contributed by atoms with E-state index in [0.29, 0.717) is 19.6 Å². The van der Waals surface area contributed by atoms with E-state index in [0.717, 1.165) is 12.8 Å². The van der Waals surface area contributed by atoms with Crippen molar-refractivity contribution in [1.29, 1.82) is 0 Å². The molecule has 0 radical (unpaired) electrons. The zero-order valence-electron chi connectivity index (χ0n) is 10.9. The Labute approximate surface area is 115 Å². The summed E-state index contributed by atoms with van der Waals surface area (Å²) in [7, 11) is 0. The lowest BCUT2D eigenvalue weighted by atomic mass is 9.91. The largest absolute Gasteiger partial charge is 0.573 e. The average Bonchev–Trinajstić information content (AvgIpc) is 2.38. The van der Waals surface area contributed by atoms with Gasteiger partial charge in [-0.1, -0.05) is 18.2 Å². The second-order valence-corrected chi connectivity index (χ2v) is 4.89. The molecule has 1 heterocycles. The van der Waals surface area contributed by atoms with E-state index < -0.39 is 12.5 Å². The summed E-state index contributed by atoms with van der Waals surface area (Å²) in [6.45, 7) is 1.27. The third-order valence-electron chi connectivity index (χ3n) is 3.40. The van der Waals surface area contributed by atoms with Crippen molar-refractivity contribution in [2.24, 2.45) is 5.92 Å². The summed E-state index contributed by atoms with van der Waals surface area (Å²) in [4.78, 5) is 0. The minimum Gasteiger partial charge on any atom is -0.405 e. The highest BCUT2D eigenvalue weighted by molar-refractivity contribution is 5.35. The number of halogens is 3. The van der Waals surface area contributed by atoms with E-state index in [2.05, 4.69) is 4.74 Å². The molecule has 1 aliphatic heterocycles. The lowest BCUT2D eigenvalue weighted by molar-refractivity contribution is -0.275. The fourth-order valence-corrected chi connectivity index (χ4v) is 2.40. The van der Waals surface area contributed by atoms with Crippen LogP contribution >= 0.6 is 0 Å². The van der Waals surface area contributed by atoms with Crippen molar-refractivity contribution in [3.8, 4) is 5.75 Å². The molecule has 0 amide bonds. The van der Waals surface area contributed by atoms with Gasteiger partial charge in [-0.05, 0) is 31.2 Å². The smallest absolute Gasteiger partial charge is 0.405 e. The SMILES string of the molecule is OC(CC1CCOCC1)c1ccccc1OC(F)(F)F. The zero-order valence-corrected chi connectivity index (χ0v) is 10.9. The number of benzene rings is 1. The summed E-state index contributed by atoms with van der Waals surface area (Å²) in [5.41, 5.74) is 0.177. The van der Waals surface area contributed by atoms with E-state index in [1.54, 1.807) is 6.07 Å². The first-order chi connectivity index (χ1) is 9.46. The maximum atomic E-state index is 12.3. The molecule has 0 saturated carbocycles. The van der Waals surface area contributed by atoms with Crippen molar-refractivity contribution in [2.45, 2.75) is 31.7 Å². The molecule has 6 heteroatoms. The number of ether oxygens (including phenoxy) is 2. The number of para-hydroxylation sites is 1. The van der Waals surface area contributed by atoms with Crippen molar-refractivity contribution in [3.63, 3.8) is 0 Å². The Balaban J connectivity index is 2.06. The van der Waals surface area contributed by atoms with Crippen LogP contribution in [0.2, 0.25) is 0 Å². The molecule has 0 aromatic heterocycles. The molecule has 20 heavy (non-hydrogen) atoms. The van der Waals surface area contributed by atoms with Gasteiger partial charge in [0.05, 0.1) is 6.10 Å². The Morgan fingerprint density at radius 2 is 1.90 bits per heavy atom. The van der Waals surface area contributed by atoms with Crippen molar-refractivity contribution < 1.29 is 27.8 Å². The van der Waals surface area contributed by atoms with Gasteiger partial charge in [0, 0.05) is 18.8 Å². The summed E-state index contributed by atoms with van der Waals surface area (Å²) in [6, 6.07) is 5.72. The predicted molar refractivity (Wildman–Crippen MR) is 66.2 cm³/mol. The highest BCUT2D eigenvalue weighted by atomic mass is 19.4. The lowest BCUT2D eigenvalue weighted by Crippen LogP contribution is -2.20. The average molecular weight is 290 g/mol. The van der Waals surface area contributed by atoms with Crippen LogP contribution in [0.3, 0.4) is 0 Å². The van der Waals surface area contributed by atoms with Crippen LogP contribution in [0.1, 0.15) is 30.9 Å². The molecule has 2 rings (SSSR count). The fraction of sp³-hybridized carbons (Fsp3) is 0.571. The van der Waals surface area contributed by atoms with Gasteiger partial charge in [0.1, 0.15) is 5.75 Å². The van der Waals surface area contributed by atoms with E-state index in [1.807, 2.05) is 0 Å². The van der Waals surface area contributed by atoms with Gasteiger partial charge in [0.15, 0.2) is 0 Å². The molecule has 0 bridgehead atoms. The minimum absolute atomic E-state index is 0.177. The Kier molecular flexibility index (Phi) is 4.88. The van der Waals surface area contributed by atoms with Crippen LogP contribution in [0.25, 0.3) is 0 Å². The van der Waals surface area contributed by atoms with E-state index >= 15 is 0 Å². The summed E-state index contributed by atoms with van der Waals surface area (Å²) in [5.74, 6) is -0.0720. The molecule has 1 N–H and O–H groups in total. The second-order valence-electron chi connectivity index (χ2n) is 4.89. The number of rotatable bonds is 4. The maximum absolute atomic E-state index is 12.3. The van der Waals surface area contributed by atoms with Crippen LogP contribution in [0.4, 0.5) is 13.2 Å². The van der Waals surface area contributed by atoms with Gasteiger partial charge in [-0.15, -0.1) is 13.2 Å². The molecule has 1 aromatic carbocycles. The third-order valence-corrected chi connectivity index (χ3v) is 3.40. The first kappa shape index (κ1) is 15.1. The van der Waals surface area contributed by atoms with E-state index in [4.69, 9.17) is 4.74 Å². The number of aliphatic hydroxyl groups is 1. The van der Waals surface area contributed by atoms with Crippen molar-refractivity contribution in [3.05, 3.63) is 29.8 Å². The Hall–Kier alpha value is -1.27. The van der Waals surface area contributed by atoms with Crippen molar-refractivity contribution in [1.82, 2.24) is 0 Å². The summed E-state index contributed by atoms with van der Waals surface area (Å²) < 4.78 is 46.1. The van der Waals surface area contributed by atoms with E-state index in [9.17, 15) is 18.3 Å². The van der Waals surface area contributed by atoms with E-state index in [-0.39, 0.29) is 17.2 Å². The molecule has 1 fully saturated rings. The van der Waals surface area contributed by atoms with Crippen molar-refractivity contribution in [2.75, 3.05) is 13.2 Å². The molecule has 1 atom stereocenters. The van der Waals surface area contributed by atoms with Gasteiger partial charge in [-0.25, -0.2) is 0 Å². The van der Waals surface area contributed by atoms with Crippen LogP contribution in [0.15, 0.2) is 24.3 Å². The molecule has 1 aliphatic rings. The first-order valence-corrected chi connectivity index (χ1v) is 6.56. The number of hydrogen-bond acceptors (Lipinski definition) is 3. The highest BCUT2D eigenvalue weighted by Crippen LogP contribution is 2.34. The van der Waals surface area contributed by atoms with Crippen LogP contribution in [-0.2, 0) is 4.74 Å². The second kappa shape index (κ2) is 6.45. The fourth-order valence-electron chi connectivity index (χ4n) is 2.40. The molecular formula is C14H17F3O3. The normalized spacial score (nSPS) is 18.8. The molecule has 0 aliphatic carbocycles. The standard InChI is InChI=1S/C14H17F3O3/c15-14(16,17)20-13-4-2-1-3-11(13)12(18)9-10-5-7-19-8-6-10/h1-4,10,12,18H,5-9H2. The van der Waals surface area contributed by atoms with Gasteiger partial charge < -0.3 is 14.6 Å². The van der Waals surface area contributed by atoms with Crippen LogP contribution in [0.5, 0.6) is 5.75 Å². The Morgan fingerprint density at radius 1 is 1.25 bits per heavy atom. The molecule has 3 nitrogen and oxygen atoms in total. The van der Waals surface area contributed by atoms with Gasteiger partial charge in [0.2, 0.25) is 0 Å². The minimum atomic E-state index is -4.76. The van der Waals surface area contributed by atoms with Crippen LogP contribution in [0, 0.1) is 5.92 Å². The number of hydrogen-bond donors (Lipinski definition) is 1. The first-order valence-electron chi connectivity index (χ1n) is 6.56. The predicted octanol–water partition coefficient (Wildman–Crippen LogP) is 3.44. The van der Waals surface area contributed by atoms with Gasteiger partial charge >= 0.3 is 6.36 Å². The number of alkyl halides is 3. The summed E-state index contributed by atoms with van der Waals surface area (Å²) >= 11 is 0. The lowest BCUT2D eigenvalue weighted by Gasteiger charge is -2.25. The molecule has 1 unspecified atom stereocenters. The number of aliphatic hydroxyl groups excluding tert-OH is 1. The van der Waals surface area contributed by atoms with Gasteiger partial charge in [-0.3, -0.25) is 0 Å². The quantitative estimate of drug-likeness (QED) is 0.923. The summed E-state index contributed by atoms with van der Waals surface area (Å²) in [6.07, 6.45) is -3.66. The molecule has 112 valence electrons. The molecular weight excluding hydrogens is 273 g/mol. The van der Waals surface area contributed by atoms with Gasteiger partial charge in [-0.2, -0.15) is 0 Å². The Morgan fingerprint density at radius 3 is 2.55 bits per heavy atom. The third kappa shape index (κ3) is 4.38. The van der Waals surface area contributed by atoms with Crippen molar-refractivity contribution >= 4 is 0 Å². The molecule has 1 saturated heterocycles. The van der Waals surface area contributed by atoms with Gasteiger partial charge in [0.25, 0.3) is 0 Å². The molecule has 1 aromatic rings. The zero-order chi connectivity index (χ0) is 14.6. The Bertz CT molecular complexity index is 428. The monoisotopic (exact) mass is 290 g/mol.